The van der Waals surface area contributed by atoms with Crippen molar-refractivity contribution in [2.75, 3.05) is 25.9 Å². The van der Waals surface area contributed by atoms with Crippen LogP contribution >= 0.6 is 0 Å². The first-order valence-electron chi connectivity index (χ1n) is 13.1. The lowest BCUT2D eigenvalue weighted by Gasteiger charge is -2.44. The van der Waals surface area contributed by atoms with Gasteiger partial charge in [0.15, 0.2) is 12.6 Å². The predicted molar refractivity (Wildman–Crippen MR) is 144 cm³/mol. The van der Waals surface area contributed by atoms with E-state index < -0.39 is 29.9 Å². The van der Waals surface area contributed by atoms with Gasteiger partial charge in [0.05, 0.1) is 29.8 Å². The number of nitrogens with zero attached hydrogens (tertiary/aromatic N) is 6. The fraction of sp³-hybridized carbons (Fsp3) is 0.500. The van der Waals surface area contributed by atoms with Crippen molar-refractivity contribution in [3.8, 4) is 22.7 Å². The number of carbonyl (C=O) groups excluding carboxylic acids is 1. The summed E-state index contributed by atoms with van der Waals surface area (Å²) in [6.07, 6.45) is 5.49. The molecular weight excluding hydrogens is 503 g/mol. The van der Waals surface area contributed by atoms with Crippen LogP contribution in [0.1, 0.15) is 40.0 Å². The van der Waals surface area contributed by atoms with Gasteiger partial charge in [0, 0.05) is 44.2 Å². The molecule has 39 heavy (non-hydrogen) atoms. The summed E-state index contributed by atoms with van der Waals surface area (Å²) < 4.78 is 34.2. The van der Waals surface area contributed by atoms with Crippen molar-refractivity contribution in [3.05, 3.63) is 49.1 Å². The Hall–Kier alpha value is -3.73. The first-order valence-corrected chi connectivity index (χ1v) is 13.1. The van der Waals surface area contributed by atoms with E-state index in [1.807, 2.05) is 73.8 Å². The van der Waals surface area contributed by atoms with Gasteiger partial charge < -0.3 is 23.7 Å². The van der Waals surface area contributed by atoms with E-state index >= 15 is 4.39 Å². The van der Waals surface area contributed by atoms with Crippen molar-refractivity contribution < 1.29 is 23.4 Å². The lowest BCUT2D eigenvalue weighted by Crippen LogP contribution is -2.59. The molecule has 0 N–H and O–H groups in total. The molecule has 2 aliphatic heterocycles. The summed E-state index contributed by atoms with van der Waals surface area (Å²) in [5.41, 5.74) is 1.63. The number of aromatic nitrogens is 4. The maximum atomic E-state index is 15.8. The van der Waals surface area contributed by atoms with Crippen LogP contribution in [0.25, 0.3) is 16.9 Å². The molecule has 2 fully saturated rings. The van der Waals surface area contributed by atoms with Crippen molar-refractivity contribution in [1.29, 1.82) is 0 Å². The molecule has 1 amide bonds. The number of rotatable bonds is 7. The summed E-state index contributed by atoms with van der Waals surface area (Å²) in [5.74, 6) is 1.15. The van der Waals surface area contributed by atoms with E-state index in [0.29, 0.717) is 30.1 Å². The molecule has 4 heterocycles. The molecule has 2 aromatic heterocycles. The highest BCUT2D eigenvalue weighted by atomic mass is 19.1. The van der Waals surface area contributed by atoms with Gasteiger partial charge in [0.25, 0.3) is 0 Å². The molecule has 3 aromatic rings. The van der Waals surface area contributed by atoms with Crippen molar-refractivity contribution in [2.24, 2.45) is 0 Å². The molecule has 1 aromatic carbocycles. The number of amides is 1. The minimum atomic E-state index is -1.23. The van der Waals surface area contributed by atoms with Crippen molar-refractivity contribution in [1.82, 2.24) is 24.6 Å². The van der Waals surface area contributed by atoms with Crippen molar-refractivity contribution in [2.45, 2.75) is 69.9 Å². The Morgan fingerprint density at radius 3 is 2.67 bits per heavy atom. The third kappa shape index (κ3) is 5.54. The second kappa shape index (κ2) is 10.8. The third-order valence-electron chi connectivity index (χ3n) is 7.28. The van der Waals surface area contributed by atoms with Crippen LogP contribution in [0.4, 0.5) is 15.0 Å². The number of benzene rings is 1. The number of halogens is 1. The minimum Gasteiger partial charge on any atom is -0.467 e. The van der Waals surface area contributed by atoms with Crippen LogP contribution in [0.3, 0.4) is 0 Å². The maximum Gasteiger partial charge on any atom is 0.410 e. The molecule has 0 saturated carbocycles. The molecule has 0 radical (unpaired) electrons. The molecule has 0 spiro atoms. The topological polar surface area (TPSA) is 94.8 Å². The number of hydrogen-bond donors (Lipinski definition) is 0. The second-order valence-electron chi connectivity index (χ2n) is 11.0. The number of hydrogen-bond acceptors (Lipinski definition) is 8. The lowest BCUT2D eigenvalue weighted by molar-refractivity contribution is -0.0104. The molecule has 10 nitrogen and oxygen atoms in total. The van der Waals surface area contributed by atoms with Crippen LogP contribution in [0.15, 0.2) is 49.1 Å². The first kappa shape index (κ1) is 26.9. The monoisotopic (exact) mass is 538 g/mol. The number of piperidine rings is 1. The zero-order valence-electron chi connectivity index (χ0n) is 23.0. The van der Waals surface area contributed by atoms with Gasteiger partial charge in [-0.25, -0.2) is 14.2 Å². The fourth-order valence-electron chi connectivity index (χ4n) is 5.46. The Morgan fingerprint density at radius 2 is 2.00 bits per heavy atom. The Labute approximate surface area is 227 Å². The van der Waals surface area contributed by atoms with Crippen LogP contribution in [-0.2, 0) is 9.47 Å². The molecular formula is C28H35FN6O4. The smallest absolute Gasteiger partial charge is 0.410 e. The van der Waals surface area contributed by atoms with Crippen molar-refractivity contribution >= 4 is 11.9 Å². The standard InChI is InChI=1S/C28H35FN6O4/c1-28(2,3)39-27(36)35-19-7-10-22(35)26(29)23(14-19)33(4)25-11-9-21(31-32-25)20-8-6-18(34-13-12-30-16-34)15-24(20)38-17-37-5/h6,8-9,11-13,15-16,19,22-23,26H,7,10,14,17H2,1-5H3/t19-,22+,23-,26+/m1/s1. The largest absolute Gasteiger partial charge is 0.467 e. The molecule has 0 aliphatic carbocycles. The zero-order valence-corrected chi connectivity index (χ0v) is 23.0. The summed E-state index contributed by atoms with van der Waals surface area (Å²) >= 11 is 0. The Kier molecular flexibility index (Phi) is 7.44. The minimum absolute atomic E-state index is 0.0639. The molecule has 0 unspecified atom stereocenters. The zero-order chi connectivity index (χ0) is 27.7. The van der Waals surface area contributed by atoms with Crippen LogP contribution < -0.4 is 9.64 Å². The van der Waals surface area contributed by atoms with Crippen LogP contribution in [0, 0.1) is 0 Å². The SMILES string of the molecule is COCOc1cc(-n2ccnc2)ccc1-c1ccc(N(C)[C@@H]2C[C@H]3CC[C@@H]([C@@H]2F)N3C(=O)OC(C)(C)C)nn1. The fourth-order valence-corrected chi connectivity index (χ4v) is 5.46. The van der Waals surface area contributed by atoms with Gasteiger partial charge in [-0.15, -0.1) is 10.2 Å². The third-order valence-corrected chi connectivity index (χ3v) is 7.28. The van der Waals surface area contributed by atoms with E-state index in [1.165, 1.54) is 0 Å². The Balaban J connectivity index is 1.33. The second-order valence-corrected chi connectivity index (χ2v) is 11.0. The average Bonchev–Trinajstić information content (AvgIpc) is 3.56. The van der Waals surface area contributed by atoms with Crippen molar-refractivity contribution in [3.63, 3.8) is 0 Å². The van der Waals surface area contributed by atoms with Crippen LogP contribution in [0.2, 0.25) is 0 Å². The first-order chi connectivity index (χ1) is 18.7. The summed E-state index contributed by atoms with van der Waals surface area (Å²) in [5, 5.41) is 8.88. The normalized spacial score (nSPS) is 22.6. The van der Waals surface area contributed by atoms with Gasteiger partial charge in [-0.3, -0.25) is 4.90 Å². The summed E-state index contributed by atoms with van der Waals surface area (Å²) in [4.78, 5) is 20.3. The number of imidazole rings is 1. The van der Waals surface area contributed by atoms with E-state index in [-0.39, 0.29) is 12.8 Å². The molecule has 4 atom stereocenters. The Bertz CT molecular complexity index is 1280. The summed E-state index contributed by atoms with van der Waals surface area (Å²) in [6.45, 7) is 5.55. The highest BCUT2D eigenvalue weighted by Gasteiger charge is 2.52. The van der Waals surface area contributed by atoms with E-state index in [2.05, 4.69) is 15.2 Å². The summed E-state index contributed by atoms with van der Waals surface area (Å²) in [7, 11) is 3.39. The number of alkyl halides is 1. The molecule has 2 saturated heterocycles. The average molecular weight is 539 g/mol. The van der Waals surface area contributed by atoms with Gasteiger partial charge in [0.2, 0.25) is 0 Å². The van der Waals surface area contributed by atoms with Gasteiger partial charge in [-0.1, -0.05) is 0 Å². The highest BCUT2D eigenvalue weighted by molar-refractivity contribution is 5.71. The van der Waals surface area contributed by atoms with Gasteiger partial charge in [0.1, 0.15) is 17.5 Å². The number of carbonyl (C=O) groups is 1. The lowest BCUT2D eigenvalue weighted by atomic mass is 9.94. The van der Waals surface area contributed by atoms with Crippen LogP contribution in [0.5, 0.6) is 5.75 Å². The number of fused-ring (bicyclic) bond motifs is 2. The Morgan fingerprint density at radius 1 is 1.18 bits per heavy atom. The van der Waals surface area contributed by atoms with E-state index in [9.17, 15) is 4.79 Å². The van der Waals surface area contributed by atoms with E-state index in [4.69, 9.17) is 14.2 Å². The van der Waals surface area contributed by atoms with E-state index in [1.54, 1.807) is 24.5 Å². The number of methoxy groups -OCH3 is 1. The van der Waals surface area contributed by atoms with Crippen LogP contribution in [-0.4, -0.2) is 81.6 Å². The van der Waals surface area contributed by atoms with E-state index in [0.717, 1.165) is 17.7 Å². The molecule has 2 bridgehead atoms. The highest BCUT2D eigenvalue weighted by Crippen LogP contribution is 2.41. The molecule has 208 valence electrons. The molecule has 5 rings (SSSR count). The van der Waals surface area contributed by atoms with Gasteiger partial charge in [-0.2, -0.15) is 0 Å². The van der Waals surface area contributed by atoms with Gasteiger partial charge >= 0.3 is 6.09 Å². The number of ether oxygens (including phenoxy) is 3. The summed E-state index contributed by atoms with van der Waals surface area (Å²) in [6, 6.07) is 8.44. The maximum absolute atomic E-state index is 15.8. The predicted octanol–water partition coefficient (Wildman–Crippen LogP) is 4.63. The number of anilines is 1. The van der Waals surface area contributed by atoms with Gasteiger partial charge in [-0.05, 0) is 64.3 Å². The molecule has 2 aliphatic rings. The quantitative estimate of drug-likeness (QED) is 0.402. The molecule has 11 heteroatoms.